The van der Waals surface area contributed by atoms with Gasteiger partial charge >= 0.3 is 24.1 Å². The largest absolute Gasteiger partial charge is 0.455 e. The van der Waals surface area contributed by atoms with Gasteiger partial charge in [-0.05, 0) is 18.4 Å². The first-order chi connectivity index (χ1) is 26.6. The van der Waals surface area contributed by atoms with Gasteiger partial charge in [0.15, 0.2) is 12.3 Å². The Balaban J connectivity index is 1.30. The Morgan fingerprint density at radius 1 is 1.05 bits per heavy atom. The van der Waals surface area contributed by atoms with E-state index in [1.807, 2.05) is 6.07 Å². The van der Waals surface area contributed by atoms with Crippen molar-refractivity contribution in [1.29, 1.82) is 0 Å². The first-order valence-corrected chi connectivity index (χ1v) is 17.5. The highest BCUT2D eigenvalue weighted by Gasteiger charge is 2.56. The minimum absolute atomic E-state index is 0.0193. The first-order valence-electron chi connectivity index (χ1n) is 17.5. The molecule has 0 bridgehead atoms. The van der Waals surface area contributed by atoms with Crippen molar-refractivity contribution in [3.63, 3.8) is 0 Å². The summed E-state index contributed by atoms with van der Waals surface area (Å²) in [6, 6.07) is 8.89. The number of amides is 3. The van der Waals surface area contributed by atoms with Crippen LogP contribution >= 0.6 is 0 Å². The molecule has 4 heterocycles. The number of esters is 2. The number of aliphatic imine (C=N–C) groups is 1. The van der Waals surface area contributed by atoms with Gasteiger partial charge in [-0.3, -0.25) is 24.5 Å². The molecular formula is C36H43N7O13. The van der Waals surface area contributed by atoms with E-state index in [0.717, 1.165) is 11.6 Å². The Labute approximate surface area is 319 Å². The fraction of sp³-hybridized carbons (Fsp3) is 0.444. The molecule has 0 aliphatic carbocycles. The highest BCUT2D eigenvalue weighted by Crippen LogP contribution is 2.46. The predicted molar refractivity (Wildman–Crippen MR) is 197 cm³/mol. The number of nitrogens with one attached hydrogen (secondary N) is 4. The Kier molecular flexibility index (Phi) is 12.9. The van der Waals surface area contributed by atoms with Gasteiger partial charge in [0.25, 0.3) is 5.56 Å². The van der Waals surface area contributed by atoms with Gasteiger partial charge in [-0.15, -0.1) is 0 Å². The van der Waals surface area contributed by atoms with Crippen molar-refractivity contribution >= 4 is 64.5 Å². The molecule has 5 atom stereocenters. The minimum Gasteiger partial charge on any atom is -0.455 e. The summed E-state index contributed by atoms with van der Waals surface area (Å²) in [5, 5.41) is 32.6. The zero-order valence-electron chi connectivity index (χ0n) is 31.1. The average Bonchev–Trinajstić information content (AvgIpc) is 3.61. The van der Waals surface area contributed by atoms with Crippen molar-refractivity contribution in [3.05, 3.63) is 58.5 Å². The van der Waals surface area contributed by atoms with Crippen LogP contribution in [0.3, 0.4) is 0 Å². The number of carbonyl (C=O) groups is 5. The maximum absolute atomic E-state index is 13.1. The van der Waals surface area contributed by atoms with E-state index in [0.29, 0.717) is 0 Å². The van der Waals surface area contributed by atoms with Crippen molar-refractivity contribution < 1.29 is 57.9 Å². The molecule has 2 aliphatic rings. The van der Waals surface area contributed by atoms with Crippen molar-refractivity contribution in [1.82, 2.24) is 20.2 Å². The Morgan fingerprint density at radius 3 is 2.46 bits per heavy atom. The molecule has 1 fully saturated rings. The molecule has 300 valence electrons. The van der Waals surface area contributed by atoms with Gasteiger partial charge < -0.3 is 54.4 Å². The minimum atomic E-state index is -2.06. The second-order valence-electron chi connectivity index (χ2n) is 13.7. The molecule has 0 saturated carbocycles. The average molecular weight is 782 g/mol. The van der Waals surface area contributed by atoms with E-state index in [2.05, 4.69) is 31.2 Å². The number of ether oxygens (including phenoxy) is 5. The number of nitrogens with zero attached hydrogens (tertiary/aromatic N) is 3. The molecule has 5 unspecified atom stereocenters. The molecule has 20 nitrogen and oxygen atoms in total. The maximum Gasteiger partial charge on any atom is 0.414 e. The number of aliphatic hydroxyl groups excluding tert-OH is 1. The fourth-order valence-electron chi connectivity index (χ4n) is 5.93. The molecule has 0 spiro atoms. The Bertz CT molecular complexity index is 2050. The zero-order valence-corrected chi connectivity index (χ0v) is 31.1. The third-order valence-electron chi connectivity index (χ3n) is 8.76. The summed E-state index contributed by atoms with van der Waals surface area (Å²) in [6.45, 7) is 5.80. The van der Waals surface area contributed by atoms with Crippen LogP contribution in [0.15, 0.2) is 52.4 Å². The number of anilines is 2. The van der Waals surface area contributed by atoms with E-state index in [4.69, 9.17) is 23.7 Å². The lowest BCUT2D eigenvalue weighted by atomic mass is 9.96. The summed E-state index contributed by atoms with van der Waals surface area (Å²) in [6.07, 6.45) is -3.42. The van der Waals surface area contributed by atoms with Gasteiger partial charge in [0.05, 0.1) is 29.9 Å². The summed E-state index contributed by atoms with van der Waals surface area (Å²) in [7, 11) is 0. The SMILES string of the molecule is CC(C)C(=O)OCOC(=O)Nc1cc(=O)nc2c3c(n(C4OC(CO)C(OC(=O)CNC(=O)C(NC(=O)OCc5ccccc5)C(C)C)C4(C)O)cc13)N=CN2. The molecule has 20 heteroatoms. The maximum atomic E-state index is 13.1. The number of alkyl carbamates (subject to hydrolysis) is 1. The smallest absolute Gasteiger partial charge is 0.414 e. The highest BCUT2D eigenvalue weighted by molar-refractivity contribution is 6.12. The Hall–Kier alpha value is -6.12. The van der Waals surface area contributed by atoms with Gasteiger partial charge in [-0.2, -0.15) is 4.98 Å². The number of carbonyl (C=O) groups excluding carboxylic acids is 5. The van der Waals surface area contributed by atoms with Crippen molar-refractivity contribution in [2.75, 3.05) is 30.6 Å². The van der Waals surface area contributed by atoms with Crippen molar-refractivity contribution in [2.24, 2.45) is 16.8 Å². The van der Waals surface area contributed by atoms with Crippen LogP contribution in [-0.4, -0.2) is 99.9 Å². The summed E-state index contributed by atoms with van der Waals surface area (Å²) in [5.74, 6) is -2.99. The van der Waals surface area contributed by atoms with Crippen LogP contribution < -0.4 is 26.8 Å². The highest BCUT2D eigenvalue weighted by atomic mass is 16.7. The van der Waals surface area contributed by atoms with E-state index in [1.54, 1.807) is 52.0 Å². The number of aliphatic hydroxyl groups is 2. The summed E-state index contributed by atoms with van der Waals surface area (Å²) >= 11 is 0. The van der Waals surface area contributed by atoms with Crippen LogP contribution in [-0.2, 0) is 44.7 Å². The van der Waals surface area contributed by atoms with Crippen LogP contribution in [0.25, 0.3) is 10.8 Å². The van der Waals surface area contributed by atoms with Crippen molar-refractivity contribution in [2.45, 2.75) is 71.3 Å². The van der Waals surface area contributed by atoms with Gasteiger partial charge in [0, 0.05) is 17.6 Å². The number of rotatable bonds is 14. The van der Waals surface area contributed by atoms with Crippen LogP contribution in [0.4, 0.5) is 26.9 Å². The topological polar surface area (TPSA) is 267 Å². The lowest BCUT2D eigenvalue weighted by Crippen LogP contribution is -2.52. The number of hydrogen-bond acceptors (Lipinski definition) is 16. The summed E-state index contributed by atoms with van der Waals surface area (Å²) < 4.78 is 28.0. The van der Waals surface area contributed by atoms with Crippen LogP contribution in [0.1, 0.15) is 46.4 Å². The van der Waals surface area contributed by atoms with E-state index in [9.17, 15) is 39.0 Å². The van der Waals surface area contributed by atoms with Gasteiger partial charge in [0.2, 0.25) is 12.7 Å². The molecule has 3 amide bonds. The number of benzene rings is 1. The van der Waals surface area contributed by atoms with E-state index < -0.39 is 97.5 Å². The monoisotopic (exact) mass is 781 g/mol. The van der Waals surface area contributed by atoms with Crippen LogP contribution in [0, 0.1) is 11.8 Å². The number of aromatic nitrogens is 2. The normalized spacial score (nSPS) is 20.2. The van der Waals surface area contributed by atoms with Crippen molar-refractivity contribution in [3.8, 4) is 0 Å². The van der Waals surface area contributed by atoms with E-state index in [-0.39, 0.29) is 34.7 Å². The second kappa shape index (κ2) is 17.6. The molecule has 5 rings (SSSR count). The first kappa shape index (κ1) is 41.1. The van der Waals surface area contributed by atoms with Gasteiger partial charge in [0.1, 0.15) is 42.5 Å². The van der Waals surface area contributed by atoms with Crippen LogP contribution in [0.2, 0.25) is 0 Å². The molecule has 2 aromatic heterocycles. The Morgan fingerprint density at radius 2 is 1.79 bits per heavy atom. The quantitative estimate of drug-likeness (QED) is 0.0774. The third-order valence-corrected chi connectivity index (χ3v) is 8.76. The molecule has 0 radical (unpaired) electrons. The zero-order chi connectivity index (χ0) is 40.7. The molecule has 3 aromatic rings. The van der Waals surface area contributed by atoms with Gasteiger partial charge in [-0.25, -0.2) is 14.6 Å². The van der Waals surface area contributed by atoms with Crippen LogP contribution in [0.5, 0.6) is 0 Å². The third kappa shape index (κ3) is 9.39. The van der Waals surface area contributed by atoms with E-state index >= 15 is 0 Å². The molecule has 6 N–H and O–H groups in total. The molecule has 1 aromatic carbocycles. The standard InChI is InChI=1S/C36H43N7O13/c1-18(2)27(42-35(50)52-15-20-9-7-6-8-10-20)31(47)37-12-25(46)56-28-23(14-44)55-33(36(28,5)51)43-13-21-22(40-34(49)54-17-53-32(48)19(3)4)11-24(45)41-29-26(21)30(43)39-16-38-29/h6-11,13,16,18-19,23,27-28,33,44,51H,12,14-15,17H2,1-5H3,(H,37,47)(H,40,49)(H,42,50)(H,38,39,41,45). The summed E-state index contributed by atoms with van der Waals surface area (Å²) in [5.41, 5.74) is -2.15. The fourth-order valence-corrected chi connectivity index (χ4v) is 5.93. The van der Waals surface area contributed by atoms with E-state index in [1.165, 1.54) is 24.0 Å². The predicted octanol–water partition coefficient (Wildman–Crippen LogP) is 1.81. The molecular weight excluding hydrogens is 738 g/mol. The molecule has 56 heavy (non-hydrogen) atoms. The second-order valence-corrected chi connectivity index (χ2v) is 13.7. The molecule has 1 saturated heterocycles. The lowest BCUT2D eigenvalue weighted by molar-refractivity contribution is -0.163. The van der Waals surface area contributed by atoms with Gasteiger partial charge in [-0.1, -0.05) is 58.0 Å². The summed E-state index contributed by atoms with van der Waals surface area (Å²) in [4.78, 5) is 84.0. The number of hydrogen-bond donors (Lipinski definition) is 6. The molecule has 2 aliphatic heterocycles. The lowest BCUT2D eigenvalue weighted by Gasteiger charge is -2.30.